The molecule has 2 atom stereocenters. The molecule has 3 fully saturated rings. The zero-order chi connectivity index (χ0) is 33.9. The van der Waals surface area contributed by atoms with Crippen molar-refractivity contribution in [2.24, 2.45) is 11.8 Å². The summed E-state index contributed by atoms with van der Waals surface area (Å²) in [6.07, 6.45) is 4.66. The van der Waals surface area contributed by atoms with Gasteiger partial charge in [-0.2, -0.15) is 0 Å². The monoisotopic (exact) mass is 697 g/mol. The van der Waals surface area contributed by atoms with Crippen LogP contribution >= 0.6 is 35.3 Å². The highest BCUT2D eigenvalue weighted by atomic mass is 32.2. The lowest BCUT2D eigenvalue weighted by Crippen LogP contribution is -2.54. The molecule has 1 saturated carbocycles. The number of anilines is 2. The minimum Gasteiger partial charge on any atom is -0.298 e. The van der Waals surface area contributed by atoms with Crippen LogP contribution in [0.2, 0.25) is 0 Å². The average molecular weight is 698 g/mol. The summed E-state index contributed by atoms with van der Waals surface area (Å²) >= 11 is 7.70. The fourth-order valence-electron chi connectivity index (χ4n) is 6.36. The Morgan fingerprint density at radius 2 is 1.62 bits per heavy atom. The molecule has 14 heteroatoms. The minimum atomic E-state index is -0.698. The Balaban J connectivity index is 1.15. The molecule has 242 valence electrons. The van der Waals surface area contributed by atoms with E-state index >= 15 is 0 Å². The Labute approximate surface area is 288 Å². The van der Waals surface area contributed by atoms with Crippen molar-refractivity contribution in [3.63, 3.8) is 0 Å². The molecule has 3 aliphatic rings. The van der Waals surface area contributed by atoms with E-state index < -0.39 is 16.7 Å². The van der Waals surface area contributed by atoms with E-state index in [0.717, 1.165) is 53.3 Å². The van der Waals surface area contributed by atoms with Gasteiger partial charge in [0.05, 0.1) is 43.2 Å². The van der Waals surface area contributed by atoms with Gasteiger partial charge in [-0.15, -0.1) is 11.3 Å². The number of amides is 4. The van der Waals surface area contributed by atoms with E-state index in [2.05, 4.69) is 10.3 Å². The first kappa shape index (κ1) is 31.8. The molecule has 3 heterocycles. The first-order valence-corrected chi connectivity index (χ1v) is 17.3. The van der Waals surface area contributed by atoms with Gasteiger partial charge in [0.15, 0.2) is 9.45 Å². The first-order chi connectivity index (χ1) is 23.0. The maximum Gasteiger partial charge on any atom is 0.283 e. The SMILES string of the molecule is Cc1ccc(N2C(=O)/C(=C/c3ccc(Sc4nc5ccc(N6C(=O)[C@H]7CCCC[C@@H]7C6=O)cc5s4)c([N+](=O)[O-])c3)C(=O)NC2=S)cc1C. The number of benzene rings is 3. The molecule has 0 radical (unpaired) electrons. The zero-order valence-corrected chi connectivity index (χ0v) is 28.2. The summed E-state index contributed by atoms with van der Waals surface area (Å²) in [6.45, 7) is 3.84. The van der Waals surface area contributed by atoms with Crippen LogP contribution in [0, 0.1) is 35.8 Å². The molecule has 1 aliphatic carbocycles. The van der Waals surface area contributed by atoms with Gasteiger partial charge in [-0.25, -0.2) is 4.98 Å². The second-order valence-corrected chi connectivity index (χ2v) is 14.7. The normalized spacial score (nSPS) is 20.5. The fraction of sp³-hybridized carbons (Fsp3) is 0.235. The molecule has 2 aliphatic heterocycles. The number of nitro groups is 1. The van der Waals surface area contributed by atoms with Gasteiger partial charge in [0.25, 0.3) is 17.5 Å². The number of aromatic nitrogens is 1. The lowest BCUT2D eigenvalue weighted by atomic mass is 9.81. The van der Waals surface area contributed by atoms with Crippen molar-refractivity contribution in [2.45, 2.75) is 48.8 Å². The number of nitrogens with one attached hydrogen (secondary N) is 1. The number of hydrogen-bond donors (Lipinski definition) is 1. The summed E-state index contributed by atoms with van der Waals surface area (Å²) < 4.78 is 1.27. The van der Waals surface area contributed by atoms with Crippen LogP contribution in [0.15, 0.2) is 69.4 Å². The highest BCUT2D eigenvalue weighted by Gasteiger charge is 2.48. The molecular formula is C34H27N5O6S3. The maximum absolute atomic E-state index is 13.5. The summed E-state index contributed by atoms with van der Waals surface area (Å²) in [5.74, 6) is -2.15. The van der Waals surface area contributed by atoms with Gasteiger partial charge in [0.2, 0.25) is 11.8 Å². The molecule has 0 unspecified atom stereocenters. The van der Waals surface area contributed by atoms with E-state index in [4.69, 9.17) is 12.2 Å². The van der Waals surface area contributed by atoms with Crippen molar-refractivity contribution in [3.05, 3.63) is 87.0 Å². The third-order valence-corrected chi connectivity index (χ3v) is 11.4. The van der Waals surface area contributed by atoms with Crippen LogP contribution < -0.4 is 15.1 Å². The second-order valence-electron chi connectivity index (χ2n) is 12.0. The molecule has 3 aromatic carbocycles. The van der Waals surface area contributed by atoms with Crippen LogP contribution in [0.4, 0.5) is 17.1 Å². The van der Waals surface area contributed by atoms with Crippen molar-refractivity contribution in [1.29, 1.82) is 0 Å². The van der Waals surface area contributed by atoms with Crippen LogP contribution in [0.1, 0.15) is 42.4 Å². The number of rotatable bonds is 6. The summed E-state index contributed by atoms with van der Waals surface area (Å²) in [5.41, 5.74) is 3.46. The molecule has 0 spiro atoms. The van der Waals surface area contributed by atoms with E-state index in [1.807, 2.05) is 19.9 Å². The Kier molecular flexibility index (Phi) is 8.17. The first-order valence-electron chi connectivity index (χ1n) is 15.2. The number of carbonyl (C=O) groups excluding carboxylic acids is 4. The van der Waals surface area contributed by atoms with Crippen molar-refractivity contribution < 1.29 is 24.1 Å². The Bertz CT molecular complexity index is 2120. The largest absolute Gasteiger partial charge is 0.298 e. The predicted octanol–water partition coefficient (Wildman–Crippen LogP) is 6.48. The number of nitro benzene ring substituents is 1. The Morgan fingerprint density at radius 1 is 0.938 bits per heavy atom. The summed E-state index contributed by atoms with van der Waals surface area (Å²) in [5, 5.41) is 14.7. The quantitative estimate of drug-likeness (QED) is 0.0598. The molecule has 7 rings (SSSR count). The Morgan fingerprint density at radius 3 is 2.31 bits per heavy atom. The summed E-state index contributed by atoms with van der Waals surface area (Å²) in [4.78, 5) is 71.7. The van der Waals surface area contributed by atoms with Crippen molar-refractivity contribution in [3.8, 4) is 0 Å². The van der Waals surface area contributed by atoms with Gasteiger partial charge < -0.3 is 0 Å². The summed E-state index contributed by atoms with van der Waals surface area (Å²) in [6, 6.07) is 15.1. The van der Waals surface area contributed by atoms with Gasteiger partial charge >= 0.3 is 0 Å². The number of fused-ring (bicyclic) bond motifs is 2. The molecule has 4 aromatic rings. The van der Waals surface area contributed by atoms with E-state index in [0.29, 0.717) is 26.1 Å². The van der Waals surface area contributed by atoms with Gasteiger partial charge in [0, 0.05) is 6.07 Å². The highest BCUT2D eigenvalue weighted by Crippen LogP contribution is 2.43. The smallest absolute Gasteiger partial charge is 0.283 e. The van der Waals surface area contributed by atoms with E-state index in [1.54, 1.807) is 42.5 Å². The molecule has 48 heavy (non-hydrogen) atoms. The van der Waals surface area contributed by atoms with Gasteiger partial charge in [-0.1, -0.05) is 36.7 Å². The zero-order valence-electron chi connectivity index (χ0n) is 25.7. The maximum atomic E-state index is 13.5. The lowest BCUT2D eigenvalue weighted by molar-refractivity contribution is -0.387. The van der Waals surface area contributed by atoms with Gasteiger partial charge in [-0.3, -0.25) is 44.4 Å². The molecule has 0 bridgehead atoms. The van der Waals surface area contributed by atoms with Crippen molar-refractivity contribution >= 4 is 97.4 Å². The van der Waals surface area contributed by atoms with Crippen LogP contribution in [0.3, 0.4) is 0 Å². The van der Waals surface area contributed by atoms with Crippen molar-refractivity contribution in [2.75, 3.05) is 9.80 Å². The number of hydrogen-bond acceptors (Lipinski definition) is 10. The lowest BCUT2D eigenvalue weighted by Gasteiger charge is -2.29. The number of aryl methyl sites for hydroxylation is 2. The number of thiazole rings is 1. The molecule has 4 amide bonds. The third-order valence-electron chi connectivity index (χ3n) is 8.99. The Hall–Kier alpha value is -4.79. The molecule has 1 aromatic heterocycles. The van der Waals surface area contributed by atoms with E-state index in [-0.39, 0.29) is 45.6 Å². The van der Waals surface area contributed by atoms with Crippen LogP contribution in [0.5, 0.6) is 0 Å². The van der Waals surface area contributed by atoms with Crippen LogP contribution in [-0.4, -0.2) is 38.6 Å². The number of nitrogens with zero attached hydrogens (tertiary/aromatic N) is 4. The molecule has 1 N–H and O–H groups in total. The number of imide groups is 1. The standard InChI is InChI=1S/C34H27N5O6S3/c1-17-7-9-20(13-18(17)2)38-32(43)24(29(40)36-33(38)46)14-19-8-12-27(26(15-19)39(44)45)47-34-35-25-11-10-21(16-28(25)48-34)37-30(41)22-5-3-4-6-23(22)31(37)42/h7-16,22-23H,3-6H2,1-2H3,(H,36,40,46)/b24-14+/t22-,23-/m0/s1. The predicted molar refractivity (Wildman–Crippen MR) is 187 cm³/mol. The second kappa shape index (κ2) is 12.3. The van der Waals surface area contributed by atoms with E-state index in [1.165, 1.54) is 33.3 Å². The molecule has 2 saturated heterocycles. The van der Waals surface area contributed by atoms with Crippen molar-refractivity contribution in [1.82, 2.24) is 10.3 Å². The number of thiocarbonyl (C=S) groups is 1. The fourth-order valence-corrected chi connectivity index (χ4v) is 8.78. The molecule has 11 nitrogen and oxygen atoms in total. The van der Waals surface area contributed by atoms with Gasteiger partial charge in [-0.05, 0) is 98.1 Å². The molecular weight excluding hydrogens is 671 g/mol. The topological polar surface area (TPSA) is 143 Å². The van der Waals surface area contributed by atoms with Gasteiger partial charge in [0.1, 0.15) is 5.57 Å². The third kappa shape index (κ3) is 5.59. The van der Waals surface area contributed by atoms with E-state index in [9.17, 15) is 29.3 Å². The summed E-state index contributed by atoms with van der Waals surface area (Å²) in [7, 11) is 0. The highest BCUT2D eigenvalue weighted by molar-refractivity contribution is 8.01. The average Bonchev–Trinajstić information content (AvgIpc) is 3.57. The van der Waals surface area contributed by atoms with Crippen LogP contribution in [0.25, 0.3) is 16.3 Å². The minimum absolute atomic E-state index is 0.0530. The van der Waals surface area contributed by atoms with Crippen LogP contribution in [-0.2, 0) is 19.2 Å². The number of carbonyl (C=O) groups is 4.